The zero-order chi connectivity index (χ0) is 69.5. The minimum atomic E-state index is -3.82. The third-order valence-corrected chi connectivity index (χ3v) is 23.6. The second-order valence-corrected chi connectivity index (χ2v) is 28.2. The van der Waals surface area contributed by atoms with E-state index in [9.17, 15) is 0 Å². The predicted octanol–water partition coefficient (Wildman–Crippen LogP) is 21.9. The molecule has 458 valence electrons. The van der Waals surface area contributed by atoms with Crippen molar-refractivity contribution in [2.45, 2.75) is 0 Å². The molecule has 98 heavy (non-hydrogen) atoms. The molecule has 15 aromatic carbocycles. The Labute approximate surface area is 570 Å². The Balaban J connectivity index is 0.764. The molecule has 8 heteroatoms. The van der Waals surface area contributed by atoms with E-state index in [1.54, 1.807) is 0 Å². The number of rotatable bonds is 9. The molecule has 0 spiro atoms. The summed E-state index contributed by atoms with van der Waals surface area (Å²) in [4.78, 5) is 0. The van der Waals surface area contributed by atoms with Crippen LogP contribution in [0.5, 0.6) is 0 Å². The molecule has 0 aliphatic heterocycles. The lowest BCUT2D eigenvalue weighted by molar-refractivity contribution is 0.592. The Kier molecular flexibility index (Phi) is 10.4. The van der Waals surface area contributed by atoms with Crippen LogP contribution >= 0.6 is 7.14 Å². The van der Waals surface area contributed by atoms with Gasteiger partial charge in [0.25, 0.3) is 0 Å². The topological polar surface area (TPSA) is 46.6 Å². The van der Waals surface area contributed by atoms with Crippen molar-refractivity contribution >= 4 is 154 Å². The molecule has 0 saturated carbocycles. The lowest BCUT2D eigenvalue weighted by Crippen LogP contribution is -2.25. The van der Waals surface area contributed by atoms with Gasteiger partial charge < -0.3 is 32.0 Å². The molecule has 6 heterocycles. The minimum Gasteiger partial charge on any atom is -0.309 e. The molecule has 0 aliphatic carbocycles. The number of fused-ring (bicyclic) bond motifs is 21. The number of hydrogen-bond donors (Lipinski definition) is 0. The van der Waals surface area contributed by atoms with Crippen LogP contribution in [-0.2, 0) is 4.57 Å². The molecule has 0 radical (unpaired) electrons. The van der Waals surface area contributed by atoms with E-state index in [1.807, 2.05) is 200 Å². The molecule has 21 aromatic rings. The molecule has 0 saturated heterocycles. The molecule has 0 bridgehead atoms. The van der Waals surface area contributed by atoms with E-state index in [0.29, 0.717) is 52.2 Å². The molecule has 7 nitrogen and oxygen atoms in total. The van der Waals surface area contributed by atoms with Gasteiger partial charge >= 0.3 is 0 Å². The highest BCUT2D eigenvalue weighted by Crippen LogP contribution is 2.48. The summed E-state index contributed by atoms with van der Waals surface area (Å²) in [7, 11) is -3.82. The Morgan fingerprint density at radius 1 is 0.194 bits per heavy atom. The van der Waals surface area contributed by atoms with Gasteiger partial charge in [-0.1, -0.05) is 182 Å². The number of benzene rings is 15. The van der Waals surface area contributed by atoms with Gasteiger partial charge in [-0.3, -0.25) is 0 Å². The first kappa shape index (κ1) is 49.0. The summed E-state index contributed by atoms with van der Waals surface area (Å²) in [6.07, 6.45) is 0. The van der Waals surface area contributed by atoms with E-state index < -0.39 is 7.14 Å². The smallest absolute Gasteiger partial charge is 0.171 e. The number of hydrogen-bond acceptors (Lipinski definition) is 1. The van der Waals surface area contributed by atoms with Crippen LogP contribution in [0.1, 0.15) is 8.22 Å². The third-order valence-electron chi connectivity index (χ3n) is 20.5. The quantitative estimate of drug-likeness (QED) is 0.133. The van der Waals surface area contributed by atoms with Gasteiger partial charge in [-0.25, -0.2) is 0 Å². The molecule has 0 N–H and O–H groups in total. The molecular formula is C90H57N6OP. The van der Waals surface area contributed by atoms with Crippen LogP contribution in [-0.4, -0.2) is 27.4 Å². The highest BCUT2D eigenvalue weighted by Gasteiger charge is 2.32. The van der Waals surface area contributed by atoms with Gasteiger partial charge in [0.05, 0.1) is 74.4 Å². The Bertz CT molecular complexity index is 6610. The van der Waals surface area contributed by atoms with E-state index >= 15 is 4.57 Å². The largest absolute Gasteiger partial charge is 0.309 e. The van der Waals surface area contributed by atoms with Crippen molar-refractivity contribution in [1.82, 2.24) is 27.4 Å². The first-order chi connectivity index (χ1) is 50.9. The zero-order valence-corrected chi connectivity index (χ0v) is 53.4. The lowest BCUT2D eigenvalue weighted by atomic mass is 10.1. The first-order valence-corrected chi connectivity index (χ1v) is 34.7. The standard InChI is InChI=1S/C90H57N6OP/c97-98(64-46-40-61(41-47-64)91-79-37-19-13-31-73(79)85-82(91)55-52-70-67-28-10-16-34-76(67)94(88(70)85)58-22-4-1-5-23-58,65-48-42-62(43-49-65)92-80-38-20-14-32-74(80)86-83(92)56-53-71-68-29-11-17-35-77(68)95(89(71)86)59-24-6-2-7-25-59)66-50-44-63(45-51-66)93-81-39-21-15-33-75(81)87-84(93)57-54-72-69-30-12-18-36-78(69)96(90(72)87)60-26-8-3-9-27-60/h1-57H/i10D,11D,12D,13D,14D,15D. The van der Waals surface area contributed by atoms with Gasteiger partial charge in [-0.15, -0.1) is 0 Å². The molecule has 0 fully saturated rings. The fraction of sp³-hybridized carbons (Fsp3) is 0. The van der Waals surface area contributed by atoms with Gasteiger partial charge in [-0.05, 0) is 164 Å². The summed E-state index contributed by atoms with van der Waals surface area (Å²) >= 11 is 0. The third kappa shape index (κ3) is 7.62. The van der Waals surface area contributed by atoms with Gasteiger partial charge in [0, 0.05) is 115 Å². The maximum Gasteiger partial charge on any atom is 0.171 e. The average Bonchev–Trinajstić information content (AvgIpc) is 1.54. The van der Waals surface area contributed by atoms with Crippen molar-refractivity contribution in [3.8, 4) is 34.1 Å². The number of nitrogens with zero attached hydrogens (tertiary/aromatic N) is 6. The maximum absolute atomic E-state index is 17.6. The summed E-state index contributed by atoms with van der Waals surface area (Å²) in [5, 5.41) is 13.5. The average molecular weight is 1280 g/mol. The summed E-state index contributed by atoms with van der Waals surface area (Å²) < 4.78 is 84.4. The van der Waals surface area contributed by atoms with E-state index in [1.165, 1.54) is 0 Å². The molecule has 0 amide bonds. The Morgan fingerprint density at radius 3 is 0.694 bits per heavy atom. The molecule has 0 unspecified atom stereocenters. The van der Waals surface area contributed by atoms with Gasteiger partial charge in [0.2, 0.25) is 0 Å². The highest BCUT2D eigenvalue weighted by atomic mass is 31.2. The normalized spacial score (nSPS) is 13.2. The highest BCUT2D eigenvalue weighted by molar-refractivity contribution is 7.85. The van der Waals surface area contributed by atoms with Crippen molar-refractivity contribution in [1.29, 1.82) is 0 Å². The van der Waals surface area contributed by atoms with Crippen molar-refractivity contribution in [3.05, 3.63) is 346 Å². The van der Waals surface area contributed by atoms with Gasteiger partial charge in [-0.2, -0.15) is 0 Å². The van der Waals surface area contributed by atoms with Crippen LogP contribution < -0.4 is 15.9 Å². The SMILES string of the molecule is [2H]c1ccc2c(c1)c1c(ccc3c4cc([2H])ccc4n(-c4ccccc4)c31)n2-c1ccc(P(=O)(c2ccc(-n3c4ccc([2H])cc4c4c3ccc3c5cc([2H])ccc5n(-c5ccccc5)c34)cc2)c2ccc(-n3c4ccc([2H])cc4c4c3ccc3c5cc([2H])ccc5n(-c5ccccc5)c34)cc2)cc1. The lowest BCUT2D eigenvalue weighted by Gasteiger charge is -2.22. The Morgan fingerprint density at radius 2 is 0.429 bits per heavy atom. The van der Waals surface area contributed by atoms with E-state index in [4.69, 9.17) is 8.22 Å². The minimum absolute atomic E-state index is 0.388. The van der Waals surface area contributed by atoms with E-state index in [0.717, 1.165) is 165 Å². The van der Waals surface area contributed by atoms with Crippen LogP contribution in [0, 0.1) is 0 Å². The van der Waals surface area contributed by atoms with Crippen molar-refractivity contribution in [2.24, 2.45) is 0 Å². The van der Waals surface area contributed by atoms with Crippen LogP contribution in [0.2, 0.25) is 0 Å². The molecule has 0 atom stereocenters. The fourth-order valence-corrected chi connectivity index (χ4v) is 19.0. The van der Waals surface area contributed by atoms with Gasteiger partial charge in [0.1, 0.15) is 0 Å². The second kappa shape index (κ2) is 20.9. The first-order valence-electron chi connectivity index (χ1n) is 36.0. The van der Waals surface area contributed by atoms with Crippen molar-refractivity contribution < 1.29 is 12.8 Å². The van der Waals surface area contributed by atoms with Crippen LogP contribution in [0.15, 0.2) is 346 Å². The Hall–Kier alpha value is -12.7. The second-order valence-electron chi connectivity index (χ2n) is 25.4. The molecule has 21 rings (SSSR count). The van der Waals surface area contributed by atoms with Gasteiger partial charge in [0.15, 0.2) is 7.14 Å². The zero-order valence-electron chi connectivity index (χ0n) is 58.5. The number of aromatic nitrogens is 6. The van der Waals surface area contributed by atoms with Crippen molar-refractivity contribution in [2.75, 3.05) is 0 Å². The van der Waals surface area contributed by atoms with Crippen LogP contribution in [0.4, 0.5) is 0 Å². The van der Waals surface area contributed by atoms with Crippen LogP contribution in [0.25, 0.3) is 165 Å². The fourth-order valence-electron chi connectivity index (χ4n) is 16.4. The number of para-hydroxylation sites is 9. The molecule has 0 aliphatic rings. The maximum atomic E-state index is 17.6. The monoisotopic (exact) mass is 1270 g/mol. The summed E-state index contributed by atoms with van der Waals surface area (Å²) in [6.45, 7) is 0. The summed E-state index contributed by atoms with van der Waals surface area (Å²) in [6, 6.07) is 106. The van der Waals surface area contributed by atoms with E-state index in [2.05, 4.69) is 137 Å². The van der Waals surface area contributed by atoms with Crippen LogP contribution in [0.3, 0.4) is 0 Å². The van der Waals surface area contributed by atoms with E-state index in [-0.39, 0.29) is 0 Å². The predicted molar refractivity (Wildman–Crippen MR) is 412 cm³/mol. The molecule has 6 aromatic heterocycles. The summed E-state index contributed by atoms with van der Waals surface area (Å²) in [5.74, 6) is 0. The van der Waals surface area contributed by atoms with Crippen molar-refractivity contribution in [3.63, 3.8) is 0 Å². The summed E-state index contributed by atoms with van der Waals surface area (Å²) in [5.41, 5.74) is 17.0. The molecular weight excluding hydrogens is 1210 g/mol.